The van der Waals surface area contributed by atoms with Gasteiger partial charge in [0.1, 0.15) is 0 Å². The van der Waals surface area contributed by atoms with E-state index in [0.717, 1.165) is 11.3 Å². The zero-order valence-corrected chi connectivity index (χ0v) is 12.0. The van der Waals surface area contributed by atoms with Gasteiger partial charge in [0, 0.05) is 17.3 Å². The summed E-state index contributed by atoms with van der Waals surface area (Å²) in [6, 6.07) is 16.7. The minimum Gasteiger partial charge on any atom is -0.325 e. The second-order valence-electron chi connectivity index (χ2n) is 4.55. The molecule has 2 N–H and O–H groups in total. The maximum Gasteiger partial charge on any atom is 0.241 e. The van der Waals surface area contributed by atoms with Gasteiger partial charge in [-0.15, -0.1) is 0 Å². The van der Waals surface area contributed by atoms with E-state index in [1.165, 1.54) is 0 Å². The van der Waals surface area contributed by atoms with Crippen molar-refractivity contribution in [3.05, 3.63) is 65.2 Å². The Hall–Kier alpha value is -1.84. The van der Waals surface area contributed by atoms with Gasteiger partial charge < -0.3 is 10.6 Å². The molecule has 0 bridgehead atoms. The predicted molar refractivity (Wildman–Crippen MR) is 82.8 cm³/mol. The number of hydrogen-bond acceptors (Lipinski definition) is 2. The molecule has 0 heterocycles. The maximum absolute atomic E-state index is 12.0. The Kier molecular flexibility index (Phi) is 5.16. The quantitative estimate of drug-likeness (QED) is 0.885. The van der Waals surface area contributed by atoms with Gasteiger partial charge in [0.2, 0.25) is 5.91 Å². The number of amides is 1. The molecule has 20 heavy (non-hydrogen) atoms. The van der Waals surface area contributed by atoms with E-state index in [1.807, 2.05) is 61.5 Å². The van der Waals surface area contributed by atoms with Crippen molar-refractivity contribution in [2.24, 2.45) is 0 Å². The highest BCUT2D eigenvalue weighted by molar-refractivity contribution is 6.31. The number of carbonyl (C=O) groups excluding carboxylic acids is 1. The average Bonchev–Trinajstić information content (AvgIpc) is 2.47. The Bertz CT molecular complexity index is 572. The van der Waals surface area contributed by atoms with E-state index in [1.54, 1.807) is 0 Å². The molecule has 104 valence electrons. The maximum atomic E-state index is 12.0. The molecule has 1 unspecified atom stereocenters. The van der Waals surface area contributed by atoms with Crippen molar-refractivity contribution in [3.63, 3.8) is 0 Å². The molecular formula is C16H17ClN2O. The van der Waals surface area contributed by atoms with Gasteiger partial charge in [-0.25, -0.2) is 0 Å². The summed E-state index contributed by atoms with van der Waals surface area (Å²) in [6.07, 6.45) is 0. The smallest absolute Gasteiger partial charge is 0.241 e. The zero-order valence-electron chi connectivity index (χ0n) is 11.3. The molecule has 0 radical (unpaired) electrons. The van der Waals surface area contributed by atoms with E-state index in [2.05, 4.69) is 10.6 Å². The van der Waals surface area contributed by atoms with Crippen LogP contribution in [-0.2, 0) is 11.3 Å². The monoisotopic (exact) mass is 288 g/mol. The van der Waals surface area contributed by atoms with Crippen molar-refractivity contribution in [1.82, 2.24) is 5.32 Å². The van der Waals surface area contributed by atoms with Crippen molar-refractivity contribution >= 4 is 23.2 Å². The Balaban J connectivity index is 1.87. The lowest BCUT2D eigenvalue weighted by atomic mass is 10.2. The van der Waals surface area contributed by atoms with Crippen LogP contribution in [0.4, 0.5) is 5.69 Å². The van der Waals surface area contributed by atoms with Crippen LogP contribution < -0.4 is 10.6 Å². The van der Waals surface area contributed by atoms with Crippen LogP contribution in [0, 0.1) is 0 Å². The van der Waals surface area contributed by atoms with Crippen molar-refractivity contribution in [2.45, 2.75) is 19.5 Å². The minimum atomic E-state index is -0.300. The van der Waals surface area contributed by atoms with Gasteiger partial charge in [-0.1, -0.05) is 48.0 Å². The highest BCUT2D eigenvalue weighted by Crippen LogP contribution is 2.14. The Morgan fingerprint density at radius 1 is 1.10 bits per heavy atom. The number of benzene rings is 2. The number of rotatable bonds is 5. The molecule has 0 fully saturated rings. The minimum absolute atomic E-state index is 0.0664. The van der Waals surface area contributed by atoms with Gasteiger partial charge in [0.15, 0.2) is 0 Å². The van der Waals surface area contributed by atoms with Crippen LogP contribution in [0.1, 0.15) is 12.5 Å². The molecule has 0 aromatic heterocycles. The lowest BCUT2D eigenvalue weighted by Crippen LogP contribution is -2.37. The number of hydrogen-bond donors (Lipinski definition) is 2. The molecule has 2 rings (SSSR count). The summed E-state index contributed by atoms with van der Waals surface area (Å²) < 4.78 is 0. The lowest BCUT2D eigenvalue weighted by molar-refractivity contribution is -0.117. The summed E-state index contributed by atoms with van der Waals surface area (Å²) in [5.41, 5.74) is 1.78. The highest BCUT2D eigenvalue weighted by Gasteiger charge is 2.12. The van der Waals surface area contributed by atoms with Gasteiger partial charge in [-0.3, -0.25) is 4.79 Å². The predicted octanol–water partition coefficient (Wildman–Crippen LogP) is 3.46. The van der Waals surface area contributed by atoms with Crippen LogP contribution in [0.15, 0.2) is 54.6 Å². The van der Waals surface area contributed by atoms with Gasteiger partial charge in [-0.2, -0.15) is 0 Å². The highest BCUT2D eigenvalue weighted by atomic mass is 35.5. The first-order valence-electron chi connectivity index (χ1n) is 6.49. The lowest BCUT2D eigenvalue weighted by Gasteiger charge is -2.14. The number of halogens is 1. The molecule has 4 heteroatoms. The molecule has 0 aliphatic carbocycles. The first-order chi connectivity index (χ1) is 9.66. The molecule has 1 amide bonds. The topological polar surface area (TPSA) is 41.1 Å². The summed E-state index contributed by atoms with van der Waals surface area (Å²) in [6.45, 7) is 2.39. The second-order valence-corrected chi connectivity index (χ2v) is 4.96. The fourth-order valence-corrected chi connectivity index (χ4v) is 1.97. The SMILES string of the molecule is CC(NCc1ccccc1Cl)C(=O)Nc1ccccc1. The van der Waals surface area contributed by atoms with Crippen molar-refractivity contribution < 1.29 is 4.79 Å². The average molecular weight is 289 g/mol. The fourth-order valence-electron chi connectivity index (χ4n) is 1.77. The van der Waals surface area contributed by atoms with Crippen LogP contribution in [0.2, 0.25) is 5.02 Å². The molecular weight excluding hydrogens is 272 g/mol. The van der Waals surface area contributed by atoms with Crippen LogP contribution >= 0.6 is 11.6 Å². The largest absolute Gasteiger partial charge is 0.325 e. The van der Waals surface area contributed by atoms with E-state index in [0.29, 0.717) is 11.6 Å². The molecule has 1 atom stereocenters. The van der Waals surface area contributed by atoms with E-state index in [4.69, 9.17) is 11.6 Å². The molecule has 0 saturated carbocycles. The molecule has 0 aliphatic rings. The van der Waals surface area contributed by atoms with Gasteiger partial charge in [0.05, 0.1) is 6.04 Å². The van der Waals surface area contributed by atoms with Crippen molar-refractivity contribution in [1.29, 1.82) is 0 Å². The zero-order chi connectivity index (χ0) is 14.4. The third-order valence-corrected chi connectivity index (χ3v) is 3.36. The number of anilines is 1. The molecule has 0 saturated heterocycles. The second kappa shape index (κ2) is 7.08. The molecule has 2 aromatic carbocycles. The first-order valence-corrected chi connectivity index (χ1v) is 6.87. The third kappa shape index (κ3) is 4.08. The van der Waals surface area contributed by atoms with Gasteiger partial charge in [0.25, 0.3) is 0 Å². The van der Waals surface area contributed by atoms with E-state index in [9.17, 15) is 4.79 Å². The van der Waals surface area contributed by atoms with Crippen LogP contribution in [0.5, 0.6) is 0 Å². The number of para-hydroxylation sites is 1. The summed E-state index contributed by atoms with van der Waals surface area (Å²) in [7, 11) is 0. The van der Waals surface area contributed by atoms with E-state index < -0.39 is 0 Å². The summed E-state index contributed by atoms with van der Waals surface area (Å²) in [4.78, 5) is 12.0. The molecule has 2 aromatic rings. The molecule has 3 nitrogen and oxygen atoms in total. The van der Waals surface area contributed by atoms with Crippen molar-refractivity contribution in [3.8, 4) is 0 Å². The normalized spacial score (nSPS) is 11.9. The van der Waals surface area contributed by atoms with Gasteiger partial charge in [-0.05, 0) is 30.7 Å². The number of carbonyl (C=O) groups is 1. The number of nitrogens with one attached hydrogen (secondary N) is 2. The van der Waals surface area contributed by atoms with Crippen LogP contribution in [0.25, 0.3) is 0 Å². The Morgan fingerprint density at radius 3 is 2.45 bits per heavy atom. The summed E-state index contributed by atoms with van der Waals surface area (Å²) in [5.74, 6) is -0.0664. The standard InChI is InChI=1S/C16H17ClN2O/c1-12(16(20)19-14-8-3-2-4-9-14)18-11-13-7-5-6-10-15(13)17/h2-10,12,18H,11H2,1H3,(H,19,20). The van der Waals surface area contributed by atoms with E-state index in [-0.39, 0.29) is 11.9 Å². The van der Waals surface area contributed by atoms with Crippen LogP contribution in [-0.4, -0.2) is 11.9 Å². The first kappa shape index (κ1) is 14.6. The van der Waals surface area contributed by atoms with Gasteiger partial charge >= 0.3 is 0 Å². The third-order valence-electron chi connectivity index (χ3n) is 2.99. The Morgan fingerprint density at radius 2 is 1.75 bits per heavy atom. The molecule has 0 aliphatic heterocycles. The summed E-state index contributed by atoms with van der Waals surface area (Å²) in [5, 5.41) is 6.73. The van der Waals surface area contributed by atoms with Crippen molar-refractivity contribution in [2.75, 3.05) is 5.32 Å². The van der Waals surface area contributed by atoms with Crippen LogP contribution in [0.3, 0.4) is 0 Å². The van der Waals surface area contributed by atoms with E-state index >= 15 is 0 Å². The Labute approximate surface area is 124 Å². The molecule has 0 spiro atoms. The fraction of sp³-hybridized carbons (Fsp3) is 0.188. The summed E-state index contributed by atoms with van der Waals surface area (Å²) >= 11 is 6.08.